The van der Waals surface area contributed by atoms with Crippen LogP contribution >= 0.6 is 11.3 Å². The van der Waals surface area contributed by atoms with Gasteiger partial charge >= 0.3 is 0 Å². The molecule has 0 unspecified atom stereocenters. The zero-order chi connectivity index (χ0) is 20.2. The lowest BCUT2D eigenvalue weighted by molar-refractivity contribution is 0.0621. The molecule has 0 spiro atoms. The maximum absolute atomic E-state index is 12.6. The number of rotatable bonds is 5. The van der Waals surface area contributed by atoms with Crippen molar-refractivity contribution < 1.29 is 9.53 Å². The summed E-state index contributed by atoms with van der Waals surface area (Å²) in [7, 11) is 1.66. The van der Waals surface area contributed by atoms with E-state index in [1.54, 1.807) is 30.8 Å². The minimum Gasteiger partial charge on any atom is -0.497 e. The lowest BCUT2D eigenvalue weighted by Crippen LogP contribution is -2.48. The van der Waals surface area contributed by atoms with E-state index in [1.807, 2.05) is 36.1 Å². The number of benzene rings is 1. The van der Waals surface area contributed by atoms with Gasteiger partial charge in [0.25, 0.3) is 5.91 Å². The Morgan fingerprint density at radius 2 is 1.86 bits per heavy atom. The van der Waals surface area contributed by atoms with Gasteiger partial charge in [0.15, 0.2) is 0 Å². The Hall–Kier alpha value is -2.84. The van der Waals surface area contributed by atoms with Crippen LogP contribution in [0.3, 0.4) is 0 Å². The Bertz CT molecular complexity index is 963. The number of aryl methyl sites for hydroxylation is 1. The third kappa shape index (κ3) is 4.60. The van der Waals surface area contributed by atoms with Crippen LogP contribution in [-0.2, 0) is 6.54 Å². The van der Waals surface area contributed by atoms with Crippen LogP contribution in [0.2, 0.25) is 0 Å². The lowest BCUT2D eigenvalue weighted by atomic mass is 10.2. The Balaban J connectivity index is 1.32. The molecule has 0 atom stereocenters. The maximum Gasteiger partial charge on any atom is 0.274 e. The minimum absolute atomic E-state index is 0.0485. The van der Waals surface area contributed by atoms with Crippen LogP contribution in [0.1, 0.15) is 21.9 Å². The van der Waals surface area contributed by atoms with Crippen molar-refractivity contribution in [3.8, 4) is 16.3 Å². The first-order valence-electron chi connectivity index (χ1n) is 9.51. The Morgan fingerprint density at radius 1 is 1.10 bits per heavy atom. The van der Waals surface area contributed by atoms with Crippen LogP contribution in [-0.4, -0.2) is 63.9 Å². The van der Waals surface area contributed by atoms with Crippen LogP contribution in [0.5, 0.6) is 5.75 Å². The molecule has 0 bridgehead atoms. The van der Waals surface area contributed by atoms with E-state index in [-0.39, 0.29) is 5.91 Å². The molecule has 0 radical (unpaired) electrons. The zero-order valence-electron chi connectivity index (χ0n) is 16.5. The predicted octanol–water partition coefficient (Wildman–Crippen LogP) is 2.88. The summed E-state index contributed by atoms with van der Waals surface area (Å²) in [5.41, 5.74) is 3.37. The van der Waals surface area contributed by atoms with E-state index in [0.717, 1.165) is 47.3 Å². The fraction of sp³-hybridized carbons (Fsp3) is 0.333. The van der Waals surface area contributed by atoms with Gasteiger partial charge in [0.05, 0.1) is 24.7 Å². The van der Waals surface area contributed by atoms with Crippen molar-refractivity contribution in [2.75, 3.05) is 33.3 Å². The monoisotopic (exact) mass is 409 g/mol. The van der Waals surface area contributed by atoms with Crippen molar-refractivity contribution in [2.45, 2.75) is 13.5 Å². The summed E-state index contributed by atoms with van der Waals surface area (Å²) in [6, 6.07) is 7.95. The van der Waals surface area contributed by atoms with Crippen molar-refractivity contribution in [1.82, 2.24) is 24.8 Å². The number of ether oxygens (including phenoxy) is 1. The van der Waals surface area contributed by atoms with Crippen molar-refractivity contribution >= 4 is 17.2 Å². The topological polar surface area (TPSA) is 71.5 Å². The number of piperazine rings is 1. The molecular formula is C21H23N5O2S. The van der Waals surface area contributed by atoms with Gasteiger partial charge in [-0.05, 0) is 31.2 Å². The zero-order valence-corrected chi connectivity index (χ0v) is 17.4. The first-order valence-corrected chi connectivity index (χ1v) is 10.4. The second-order valence-corrected chi connectivity index (χ2v) is 7.84. The van der Waals surface area contributed by atoms with Crippen LogP contribution < -0.4 is 4.74 Å². The molecule has 150 valence electrons. The molecule has 3 heterocycles. The molecule has 0 N–H and O–H groups in total. The van der Waals surface area contributed by atoms with Gasteiger partial charge in [-0.15, -0.1) is 11.3 Å². The number of carbonyl (C=O) groups excluding carboxylic acids is 1. The van der Waals surface area contributed by atoms with E-state index in [0.29, 0.717) is 18.8 Å². The molecule has 29 heavy (non-hydrogen) atoms. The fourth-order valence-electron chi connectivity index (χ4n) is 3.25. The van der Waals surface area contributed by atoms with Crippen molar-refractivity contribution in [1.29, 1.82) is 0 Å². The molecule has 1 aliphatic heterocycles. The smallest absolute Gasteiger partial charge is 0.274 e. The number of thiazole rings is 1. The Morgan fingerprint density at radius 3 is 2.52 bits per heavy atom. The molecular weight excluding hydrogens is 386 g/mol. The summed E-state index contributed by atoms with van der Waals surface area (Å²) >= 11 is 1.65. The van der Waals surface area contributed by atoms with Gasteiger partial charge < -0.3 is 9.64 Å². The molecule has 1 aliphatic rings. The molecule has 0 saturated carbocycles. The van der Waals surface area contributed by atoms with Gasteiger partial charge in [0.1, 0.15) is 16.5 Å². The highest BCUT2D eigenvalue weighted by Crippen LogP contribution is 2.26. The molecule has 4 rings (SSSR count). The van der Waals surface area contributed by atoms with Crippen molar-refractivity contribution in [3.05, 3.63) is 59.1 Å². The quantitative estimate of drug-likeness (QED) is 0.645. The van der Waals surface area contributed by atoms with Gasteiger partial charge in [-0.3, -0.25) is 14.7 Å². The highest BCUT2D eigenvalue weighted by Gasteiger charge is 2.23. The van der Waals surface area contributed by atoms with Crippen LogP contribution in [0.25, 0.3) is 10.6 Å². The minimum atomic E-state index is -0.0485. The van der Waals surface area contributed by atoms with Gasteiger partial charge in [-0.1, -0.05) is 0 Å². The number of aromatic nitrogens is 3. The van der Waals surface area contributed by atoms with E-state index in [4.69, 9.17) is 9.72 Å². The molecule has 3 aromatic rings. The highest BCUT2D eigenvalue weighted by molar-refractivity contribution is 7.13. The average Bonchev–Trinajstić information content (AvgIpc) is 3.23. The number of hydrogen-bond donors (Lipinski definition) is 0. The summed E-state index contributed by atoms with van der Waals surface area (Å²) in [6.45, 7) is 5.66. The molecule has 1 aromatic carbocycles. The molecule has 0 aliphatic carbocycles. The summed E-state index contributed by atoms with van der Waals surface area (Å²) in [4.78, 5) is 29.9. The van der Waals surface area contributed by atoms with Gasteiger partial charge in [-0.2, -0.15) is 0 Å². The average molecular weight is 410 g/mol. The van der Waals surface area contributed by atoms with E-state index >= 15 is 0 Å². The first kappa shape index (κ1) is 19.5. The third-order valence-electron chi connectivity index (χ3n) is 4.93. The van der Waals surface area contributed by atoms with Crippen LogP contribution in [0, 0.1) is 6.92 Å². The molecule has 7 nitrogen and oxygen atoms in total. The number of carbonyl (C=O) groups is 1. The van der Waals surface area contributed by atoms with Gasteiger partial charge in [0.2, 0.25) is 0 Å². The van der Waals surface area contributed by atoms with Crippen molar-refractivity contribution in [2.24, 2.45) is 0 Å². The largest absolute Gasteiger partial charge is 0.497 e. The fourth-order valence-corrected chi connectivity index (χ4v) is 4.07. The SMILES string of the molecule is COc1ccc(-c2nc(CN3CCN(C(=O)c4cnc(C)cn4)CC3)cs2)cc1. The normalized spacial score (nSPS) is 14.8. The number of methoxy groups -OCH3 is 1. The van der Waals surface area contributed by atoms with E-state index in [2.05, 4.69) is 20.2 Å². The molecule has 1 saturated heterocycles. The van der Waals surface area contributed by atoms with Crippen LogP contribution in [0.4, 0.5) is 0 Å². The summed E-state index contributed by atoms with van der Waals surface area (Å²) in [5.74, 6) is 0.794. The van der Waals surface area contributed by atoms with Gasteiger partial charge in [0, 0.05) is 49.9 Å². The van der Waals surface area contributed by atoms with Crippen molar-refractivity contribution in [3.63, 3.8) is 0 Å². The number of nitrogens with zero attached hydrogens (tertiary/aromatic N) is 5. The molecule has 2 aromatic heterocycles. The standard InChI is InChI=1S/C21H23N5O2S/c1-15-11-23-19(12-22-15)21(27)26-9-7-25(8-10-26)13-17-14-29-20(24-17)16-3-5-18(28-2)6-4-16/h3-6,11-12,14H,7-10,13H2,1-2H3. The second-order valence-electron chi connectivity index (χ2n) is 6.98. The van der Waals surface area contributed by atoms with E-state index in [1.165, 1.54) is 0 Å². The molecule has 1 amide bonds. The third-order valence-corrected chi connectivity index (χ3v) is 5.87. The number of hydrogen-bond acceptors (Lipinski definition) is 7. The second kappa shape index (κ2) is 8.67. The van der Waals surface area contributed by atoms with Gasteiger partial charge in [-0.25, -0.2) is 9.97 Å². The van der Waals surface area contributed by atoms with Crippen LogP contribution in [0.15, 0.2) is 42.0 Å². The predicted molar refractivity (Wildman–Crippen MR) is 112 cm³/mol. The summed E-state index contributed by atoms with van der Waals surface area (Å²) < 4.78 is 5.21. The highest BCUT2D eigenvalue weighted by atomic mass is 32.1. The lowest BCUT2D eigenvalue weighted by Gasteiger charge is -2.34. The summed E-state index contributed by atoms with van der Waals surface area (Å²) in [6.07, 6.45) is 3.19. The Kier molecular flexibility index (Phi) is 5.82. The van der Waals surface area contributed by atoms with E-state index < -0.39 is 0 Å². The molecule has 1 fully saturated rings. The first-order chi connectivity index (χ1) is 14.1. The number of amides is 1. The molecule has 8 heteroatoms. The Labute approximate surface area is 174 Å². The maximum atomic E-state index is 12.6. The summed E-state index contributed by atoms with van der Waals surface area (Å²) in [5, 5.41) is 3.12. The van der Waals surface area contributed by atoms with E-state index in [9.17, 15) is 4.79 Å².